The second kappa shape index (κ2) is 4.91. The van der Waals surface area contributed by atoms with Crippen LogP contribution in [-0.2, 0) is 9.59 Å². The number of imide groups is 1. The third-order valence-electron chi connectivity index (χ3n) is 2.51. The second-order valence-corrected chi connectivity index (χ2v) is 4.73. The van der Waals surface area contributed by atoms with Crippen LogP contribution in [-0.4, -0.2) is 29.9 Å². The largest absolute Gasteiger partial charge is 0.389 e. The van der Waals surface area contributed by atoms with Gasteiger partial charge in [-0.1, -0.05) is 23.8 Å². The molecule has 0 unspecified atom stereocenters. The molecular formula is C11H10ClN3O2S. The van der Waals surface area contributed by atoms with E-state index in [1.165, 1.54) is 0 Å². The highest BCUT2D eigenvalue weighted by molar-refractivity contribution is 7.80. The molecule has 1 aromatic carbocycles. The van der Waals surface area contributed by atoms with Gasteiger partial charge in [-0.05, 0) is 18.2 Å². The normalized spacial score (nSPS) is 15.5. The van der Waals surface area contributed by atoms with Crippen molar-refractivity contribution in [3.05, 3.63) is 28.8 Å². The van der Waals surface area contributed by atoms with Gasteiger partial charge in [-0.2, -0.15) is 0 Å². The number of hydrogen-bond donors (Lipinski definition) is 2. The van der Waals surface area contributed by atoms with Crippen molar-refractivity contribution in [1.82, 2.24) is 5.32 Å². The van der Waals surface area contributed by atoms with Gasteiger partial charge in [0.05, 0.1) is 13.1 Å². The number of rotatable bonds is 2. The quantitative estimate of drug-likeness (QED) is 0.608. The maximum atomic E-state index is 11.4. The van der Waals surface area contributed by atoms with Crippen molar-refractivity contribution in [2.45, 2.75) is 0 Å². The highest BCUT2D eigenvalue weighted by Gasteiger charge is 2.24. The number of nitrogens with zero attached hydrogens (tertiary/aromatic N) is 1. The summed E-state index contributed by atoms with van der Waals surface area (Å²) in [5.41, 5.74) is 6.81. The van der Waals surface area contributed by atoms with E-state index in [-0.39, 0.29) is 29.9 Å². The molecule has 5 nitrogen and oxygen atoms in total. The minimum Gasteiger partial charge on any atom is -0.389 e. The molecule has 0 spiro atoms. The number of nitrogens with two attached hydrogens (primary N) is 1. The average molecular weight is 284 g/mol. The van der Waals surface area contributed by atoms with Crippen LogP contribution in [0, 0.1) is 0 Å². The van der Waals surface area contributed by atoms with Crippen molar-refractivity contribution in [2.24, 2.45) is 5.73 Å². The van der Waals surface area contributed by atoms with E-state index in [4.69, 9.17) is 29.6 Å². The lowest BCUT2D eigenvalue weighted by atomic mass is 10.1. The van der Waals surface area contributed by atoms with Gasteiger partial charge < -0.3 is 10.6 Å². The lowest BCUT2D eigenvalue weighted by Gasteiger charge is -2.29. The molecule has 1 saturated heterocycles. The number of amides is 2. The van der Waals surface area contributed by atoms with Crippen LogP contribution in [0.5, 0.6) is 0 Å². The van der Waals surface area contributed by atoms with Gasteiger partial charge in [-0.15, -0.1) is 0 Å². The molecule has 94 valence electrons. The summed E-state index contributed by atoms with van der Waals surface area (Å²) in [5, 5.41) is 2.71. The predicted molar refractivity (Wildman–Crippen MR) is 72.7 cm³/mol. The van der Waals surface area contributed by atoms with Crippen LogP contribution in [0.1, 0.15) is 5.56 Å². The zero-order chi connectivity index (χ0) is 13.3. The van der Waals surface area contributed by atoms with Crippen LogP contribution in [0.3, 0.4) is 0 Å². The van der Waals surface area contributed by atoms with Gasteiger partial charge >= 0.3 is 0 Å². The second-order valence-electron chi connectivity index (χ2n) is 3.85. The van der Waals surface area contributed by atoms with Gasteiger partial charge in [0.25, 0.3) is 0 Å². The monoisotopic (exact) mass is 283 g/mol. The number of anilines is 1. The fraction of sp³-hybridized carbons (Fsp3) is 0.182. The molecule has 1 heterocycles. The highest BCUT2D eigenvalue weighted by atomic mass is 35.5. The van der Waals surface area contributed by atoms with Crippen LogP contribution in [0.4, 0.5) is 5.69 Å². The third-order valence-corrected chi connectivity index (χ3v) is 2.97. The molecule has 2 rings (SSSR count). The third kappa shape index (κ3) is 2.60. The van der Waals surface area contributed by atoms with E-state index in [1.807, 2.05) is 0 Å². The van der Waals surface area contributed by atoms with Crippen LogP contribution in [0.2, 0.25) is 5.02 Å². The number of hydrogen-bond acceptors (Lipinski definition) is 4. The first kappa shape index (κ1) is 12.8. The molecular weight excluding hydrogens is 274 g/mol. The van der Waals surface area contributed by atoms with E-state index < -0.39 is 0 Å². The molecule has 0 bridgehead atoms. The van der Waals surface area contributed by atoms with Crippen molar-refractivity contribution < 1.29 is 9.59 Å². The zero-order valence-corrected chi connectivity index (χ0v) is 10.8. The van der Waals surface area contributed by atoms with E-state index in [1.54, 1.807) is 23.1 Å². The minimum absolute atomic E-state index is 0.0711. The van der Waals surface area contributed by atoms with Gasteiger partial charge in [0, 0.05) is 16.3 Å². The van der Waals surface area contributed by atoms with E-state index in [0.717, 1.165) is 0 Å². The average Bonchev–Trinajstić information content (AvgIpc) is 2.27. The summed E-state index contributed by atoms with van der Waals surface area (Å²) in [5.74, 6) is -0.722. The summed E-state index contributed by atoms with van der Waals surface area (Å²) in [6, 6.07) is 4.98. The number of carbonyl (C=O) groups is 2. The molecule has 3 N–H and O–H groups in total. The van der Waals surface area contributed by atoms with Gasteiger partial charge in [0.1, 0.15) is 4.99 Å². The zero-order valence-electron chi connectivity index (χ0n) is 9.27. The first-order valence-corrected chi connectivity index (χ1v) is 5.93. The van der Waals surface area contributed by atoms with E-state index in [2.05, 4.69) is 5.32 Å². The van der Waals surface area contributed by atoms with Crippen molar-refractivity contribution in [2.75, 3.05) is 18.0 Å². The van der Waals surface area contributed by atoms with Gasteiger partial charge in [-0.3, -0.25) is 14.9 Å². The van der Waals surface area contributed by atoms with Gasteiger partial charge in [-0.25, -0.2) is 0 Å². The van der Waals surface area contributed by atoms with Crippen molar-refractivity contribution in [3.63, 3.8) is 0 Å². The maximum Gasteiger partial charge on any atom is 0.246 e. The summed E-state index contributed by atoms with van der Waals surface area (Å²) >= 11 is 10.9. The molecule has 7 heteroatoms. The smallest absolute Gasteiger partial charge is 0.246 e. The lowest BCUT2D eigenvalue weighted by Crippen LogP contribution is -2.51. The first-order valence-electron chi connectivity index (χ1n) is 5.14. The Bertz CT molecular complexity index is 531. The summed E-state index contributed by atoms with van der Waals surface area (Å²) in [4.78, 5) is 24.5. The van der Waals surface area contributed by atoms with E-state index in [0.29, 0.717) is 16.3 Å². The number of piperazine rings is 1. The fourth-order valence-corrected chi connectivity index (χ4v) is 2.12. The predicted octanol–water partition coefficient (Wildman–Crippen LogP) is 0.437. The number of nitrogens with one attached hydrogen (secondary N) is 1. The molecule has 0 aromatic heterocycles. The Morgan fingerprint density at radius 2 is 1.94 bits per heavy atom. The molecule has 0 saturated carbocycles. The lowest BCUT2D eigenvalue weighted by molar-refractivity contribution is -0.130. The molecule has 2 amide bonds. The Morgan fingerprint density at radius 1 is 1.33 bits per heavy atom. The van der Waals surface area contributed by atoms with Gasteiger partial charge in [0.15, 0.2) is 0 Å². The maximum absolute atomic E-state index is 11.4. The molecule has 0 aliphatic carbocycles. The van der Waals surface area contributed by atoms with Crippen LogP contribution < -0.4 is 16.0 Å². The summed E-state index contributed by atoms with van der Waals surface area (Å²) in [7, 11) is 0. The summed E-state index contributed by atoms with van der Waals surface area (Å²) in [6.07, 6.45) is 0. The Kier molecular flexibility index (Phi) is 3.49. The summed E-state index contributed by atoms with van der Waals surface area (Å²) < 4.78 is 0. The minimum atomic E-state index is -0.361. The first-order chi connectivity index (χ1) is 8.47. The fourth-order valence-electron chi connectivity index (χ4n) is 1.78. The SMILES string of the molecule is NC(=S)c1ccc(Cl)cc1N1CC(=O)NC(=O)C1. The Balaban J connectivity index is 2.42. The molecule has 1 aliphatic rings. The standard InChI is InChI=1S/C11H10ClN3O2S/c12-6-1-2-7(11(13)18)8(3-6)15-4-9(16)14-10(17)5-15/h1-3H,4-5H2,(H2,13,18)(H,14,16,17). The van der Waals surface area contributed by atoms with Crippen LogP contribution in [0.25, 0.3) is 0 Å². The molecule has 18 heavy (non-hydrogen) atoms. The highest BCUT2D eigenvalue weighted by Crippen LogP contribution is 2.25. The Morgan fingerprint density at radius 3 is 2.50 bits per heavy atom. The number of thiocarbonyl (C=S) groups is 1. The number of carbonyl (C=O) groups excluding carboxylic acids is 2. The van der Waals surface area contributed by atoms with Crippen LogP contribution >= 0.6 is 23.8 Å². The molecule has 1 fully saturated rings. The molecule has 1 aliphatic heterocycles. The van der Waals surface area contributed by atoms with E-state index in [9.17, 15) is 9.59 Å². The van der Waals surface area contributed by atoms with Gasteiger partial charge in [0.2, 0.25) is 11.8 Å². The van der Waals surface area contributed by atoms with Crippen molar-refractivity contribution in [1.29, 1.82) is 0 Å². The molecule has 0 atom stereocenters. The topological polar surface area (TPSA) is 75.4 Å². The van der Waals surface area contributed by atoms with Crippen LogP contribution in [0.15, 0.2) is 18.2 Å². The number of benzene rings is 1. The van der Waals surface area contributed by atoms with Crippen molar-refractivity contribution in [3.8, 4) is 0 Å². The molecule has 0 radical (unpaired) electrons. The molecule has 1 aromatic rings. The van der Waals surface area contributed by atoms with E-state index >= 15 is 0 Å². The summed E-state index contributed by atoms with van der Waals surface area (Å²) in [6.45, 7) is 0.142. The number of halogens is 1. The Labute approximate surface area is 114 Å². The van der Waals surface area contributed by atoms with Crippen molar-refractivity contribution >= 4 is 46.3 Å². The Hall–Kier alpha value is -1.66.